The van der Waals surface area contributed by atoms with Crippen LogP contribution in [0.5, 0.6) is 0 Å². The number of fused-ring (bicyclic) bond motifs is 1. The zero-order valence-electron chi connectivity index (χ0n) is 22.5. The lowest BCUT2D eigenvalue weighted by molar-refractivity contribution is -0.156. The van der Waals surface area contributed by atoms with Crippen molar-refractivity contribution in [3.05, 3.63) is 35.6 Å². The molecule has 0 bridgehead atoms. The number of nitrogens with one attached hydrogen (secondary N) is 2. The molecule has 2 aromatic rings. The van der Waals surface area contributed by atoms with E-state index in [4.69, 9.17) is 25.0 Å². The Labute approximate surface area is 217 Å². The highest BCUT2D eigenvalue weighted by Crippen LogP contribution is 2.27. The van der Waals surface area contributed by atoms with Gasteiger partial charge >= 0.3 is 12.1 Å². The van der Waals surface area contributed by atoms with Crippen molar-refractivity contribution in [2.45, 2.75) is 90.5 Å². The maximum atomic E-state index is 12.9. The lowest BCUT2D eigenvalue weighted by Crippen LogP contribution is -2.50. The van der Waals surface area contributed by atoms with Crippen molar-refractivity contribution in [3.63, 3.8) is 0 Å². The van der Waals surface area contributed by atoms with Gasteiger partial charge in [0.15, 0.2) is 5.76 Å². The number of esters is 1. The van der Waals surface area contributed by atoms with E-state index in [-0.39, 0.29) is 36.1 Å². The highest BCUT2D eigenvalue weighted by atomic mass is 16.6. The Morgan fingerprint density at radius 1 is 1.03 bits per heavy atom. The number of furan rings is 1. The third kappa shape index (κ3) is 7.96. The largest absolute Gasteiger partial charge is 0.459 e. The van der Waals surface area contributed by atoms with Crippen molar-refractivity contribution in [2.75, 3.05) is 6.54 Å². The first-order valence-electron chi connectivity index (χ1n) is 12.5. The number of amides is 2. The number of benzene rings is 1. The summed E-state index contributed by atoms with van der Waals surface area (Å²) < 4.78 is 16.7. The van der Waals surface area contributed by atoms with Crippen molar-refractivity contribution in [3.8, 4) is 0 Å². The molecular formula is C27H38N4O6. The molecule has 0 radical (unpaired) electrons. The molecule has 202 valence electrons. The predicted octanol–water partition coefficient (Wildman–Crippen LogP) is 4.34. The van der Waals surface area contributed by atoms with Gasteiger partial charge in [0.25, 0.3) is 5.91 Å². The molecule has 1 aromatic heterocycles. The number of hydrogen-bond donors (Lipinski definition) is 3. The molecule has 0 saturated heterocycles. The molecule has 37 heavy (non-hydrogen) atoms. The zero-order chi connectivity index (χ0) is 27.5. The average molecular weight is 515 g/mol. The van der Waals surface area contributed by atoms with Crippen LogP contribution in [0.2, 0.25) is 0 Å². The highest BCUT2D eigenvalue weighted by Gasteiger charge is 2.34. The van der Waals surface area contributed by atoms with E-state index in [1.165, 1.54) is 4.90 Å². The number of nitrogen functional groups attached to an aromatic ring is 1. The smallest absolute Gasteiger partial charge is 0.411 e. The summed E-state index contributed by atoms with van der Waals surface area (Å²) in [6.07, 6.45) is 1.87. The van der Waals surface area contributed by atoms with Gasteiger partial charge in [0.05, 0.1) is 0 Å². The molecule has 2 amide bonds. The van der Waals surface area contributed by atoms with Crippen LogP contribution in [0.25, 0.3) is 11.0 Å². The third-order valence-corrected chi connectivity index (χ3v) is 5.87. The standard InChI is InChI=1S/C27H38N4O6/c1-26(2,3)36-22(32)15-31(25(34)37-27(4,5)6)19-10-8-18(9-11-19)30-24(33)21-14-17-13-16(23(28)29)7-12-20(17)35-21/h7,12-14,18-19H,8-11,15H2,1-6H3,(H3,28,29)(H,30,33)/t18-,19-. The SMILES string of the molecule is CC(C)(C)OC(=O)CN(C(=O)OC(C)(C)C)[C@H]1CC[C@H](NC(=O)c2cc3cc(C(=N)N)ccc3o2)CC1. The Morgan fingerprint density at radius 3 is 2.22 bits per heavy atom. The molecule has 0 unspecified atom stereocenters. The Bertz CT molecular complexity index is 1170. The average Bonchev–Trinajstić information content (AvgIpc) is 3.19. The number of ether oxygens (including phenoxy) is 2. The first kappa shape index (κ1) is 28.0. The summed E-state index contributed by atoms with van der Waals surface area (Å²) in [6, 6.07) is 6.38. The predicted molar refractivity (Wildman–Crippen MR) is 140 cm³/mol. The molecule has 3 rings (SSSR count). The summed E-state index contributed by atoms with van der Waals surface area (Å²) in [5.74, 6) is -0.704. The molecule has 1 fully saturated rings. The summed E-state index contributed by atoms with van der Waals surface area (Å²) in [5, 5.41) is 11.3. The number of amidine groups is 1. The second-order valence-electron chi connectivity index (χ2n) is 11.5. The molecule has 1 aromatic carbocycles. The number of carbonyl (C=O) groups excluding carboxylic acids is 3. The Balaban J connectivity index is 1.63. The van der Waals surface area contributed by atoms with Gasteiger partial charge in [-0.2, -0.15) is 0 Å². The van der Waals surface area contributed by atoms with Crippen molar-refractivity contribution >= 4 is 34.8 Å². The zero-order valence-corrected chi connectivity index (χ0v) is 22.5. The number of carbonyl (C=O) groups is 3. The minimum absolute atomic E-state index is 0.0574. The maximum Gasteiger partial charge on any atom is 0.411 e. The molecule has 1 saturated carbocycles. The Hall–Kier alpha value is -3.56. The molecule has 0 aliphatic heterocycles. The number of nitrogens with zero attached hydrogens (tertiary/aromatic N) is 1. The first-order chi connectivity index (χ1) is 17.1. The molecular weight excluding hydrogens is 476 g/mol. The molecule has 1 heterocycles. The summed E-state index contributed by atoms with van der Waals surface area (Å²) in [6.45, 7) is 10.5. The normalized spacial score (nSPS) is 18.2. The number of rotatable bonds is 6. The van der Waals surface area contributed by atoms with Crippen molar-refractivity contribution in [2.24, 2.45) is 5.73 Å². The van der Waals surface area contributed by atoms with Gasteiger partial charge in [0.1, 0.15) is 29.2 Å². The van der Waals surface area contributed by atoms with E-state index in [1.807, 2.05) is 0 Å². The fraction of sp³-hybridized carbons (Fsp3) is 0.556. The van der Waals surface area contributed by atoms with Crippen LogP contribution in [-0.4, -0.2) is 58.5 Å². The summed E-state index contributed by atoms with van der Waals surface area (Å²) in [5.41, 5.74) is 5.27. The molecule has 10 nitrogen and oxygen atoms in total. The Morgan fingerprint density at radius 2 is 1.65 bits per heavy atom. The minimum atomic E-state index is -0.702. The van der Waals surface area contributed by atoms with E-state index in [2.05, 4.69) is 5.32 Å². The lowest BCUT2D eigenvalue weighted by atomic mass is 9.90. The van der Waals surface area contributed by atoms with Gasteiger partial charge in [0.2, 0.25) is 0 Å². The molecule has 4 N–H and O–H groups in total. The van der Waals surface area contributed by atoms with E-state index in [1.54, 1.807) is 65.8 Å². The van der Waals surface area contributed by atoms with E-state index < -0.39 is 23.3 Å². The van der Waals surface area contributed by atoms with Crippen LogP contribution < -0.4 is 11.1 Å². The van der Waals surface area contributed by atoms with Gasteiger partial charge in [-0.25, -0.2) is 4.79 Å². The maximum absolute atomic E-state index is 12.9. The molecule has 1 aliphatic carbocycles. The highest BCUT2D eigenvalue weighted by molar-refractivity contribution is 6.00. The second kappa shape index (κ2) is 10.8. The van der Waals surface area contributed by atoms with Crippen molar-refractivity contribution < 1.29 is 28.3 Å². The van der Waals surface area contributed by atoms with Crippen LogP contribution in [0.15, 0.2) is 28.7 Å². The lowest BCUT2D eigenvalue weighted by Gasteiger charge is -2.37. The van der Waals surface area contributed by atoms with Gasteiger partial charge < -0.3 is 24.9 Å². The minimum Gasteiger partial charge on any atom is -0.459 e. The van der Waals surface area contributed by atoms with Crippen LogP contribution in [0.4, 0.5) is 4.79 Å². The van der Waals surface area contributed by atoms with Crippen LogP contribution >= 0.6 is 0 Å². The summed E-state index contributed by atoms with van der Waals surface area (Å²) in [4.78, 5) is 39.8. The van der Waals surface area contributed by atoms with Crippen LogP contribution in [0.3, 0.4) is 0 Å². The molecule has 1 aliphatic rings. The molecule has 10 heteroatoms. The monoisotopic (exact) mass is 514 g/mol. The Kier molecular flexibility index (Phi) is 8.19. The third-order valence-electron chi connectivity index (χ3n) is 5.87. The second-order valence-corrected chi connectivity index (χ2v) is 11.5. The van der Waals surface area contributed by atoms with E-state index >= 15 is 0 Å². The van der Waals surface area contributed by atoms with E-state index in [0.29, 0.717) is 42.2 Å². The van der Waals surface area contributed by atoms with Crippen molar-refractivity contribution in [1.82, 2.24) is 10.2 Å². The van der Waals surface area contributed by atoms with Crippen LogP contribution in [0, 0.1) is 5.41 Å². The van der Waals surface area contributed by atoms with Gasteiger partial charge in [-0.3, -0.25) is 19.9 Å². The molecule has 0 spiro atoms. The number of nitrogens with two attached hydrogens (primary N) is 1. The van der Waals surface area contributed by atoms with Gasteiger partial charge in [-0.05, 0) is 91.5 Å². The summed E-state index contributed by atoms with van der Waals surface area (Å²) in [7, 11) is 0. The van der Waals surface area contributed by atoms with Gasteiger partial charge in [0, 0.05) is 23.0 Å². The van der Waals surface area contributed by atoms with Gasteiger partial charge in [-0.15, -0.1) is 0 Å². The van der Waals surface area contributed by atoms with E-state index in [9.17, 15) is 14.4 Å². The fourth-order valence-electron chi connectivity index (χ4n) is 4.29. The van der Waals surface area contributed by atoms with Crippen molar-refractivity contribution in [1.29, 1.82) is 5.41 Å². The quantitative estimate of drug-likeness (QED) is 0.295. The molecule has 0 atom stereocenters. The number of hydrogen-bond acceptors (Lipinski definition) is 7. The fourth-order valence-corrected chi connectivity index (χ4v) is 4.29. The summed E-state index contributed by atoms with van der Waals surface area (Å²) >= 11 is 0. The van der Waals surface area contributed by atoms with Crippen LogP contribution in [-0.2, 0) is 14.3 Å². The topological polar surface area (TPSA) is 148 Å². The van der Waals surface area contributed by atoms with Gasteiger partial charge in [-0.1, -0.05) is 0 Å². The van der Waals surface area contributed by atoms with Crippen LogP contribution in [0.1, 0.15) is 83.3 Å². The van der Waals surface area contributed by atoms with E-state index in [0.717, 1.165) is 0 Å². The first-order valence-corrected chi connectivity index (χ1v) is 12.5.